The predicted molar refractivity (Wildman–Crippen MR) is 118 cm³/mol. The second-order valence-electron chi connectivity index (χ2n) is 8.68. The highest BCUT2D eigenvalue weighted by Crippen LogP contribution is 2.42. The Balaban J connectivity index is 1.88. The molecule has 0 aromatic heterocycles. The van der Waals surface area contributed by atoms with E-state index in [0.29, 0.717) is 12.8 Å². The first-order valence-corrected chi connectivity index (χ1v) is 10.9. The summed E-state index contributed by atoms with van der Waals surface area (Å²) in [5.41, 5.74) is 1.25. The maximum Gasteiger partial charge on any atom is 0.309 e. The molecule has 0 bridgehead atoms. The van der Waals surface area contributed by atoms with E-state index in [9.17, 15) is 9.90 Å². The predicted octanol–water partition coefficient (Wildman–Crippen LogP) is 4.48. The lowest BCUT2D eigenvalue weighted by Crippen LogP contribution is -2.37. The molecule has 1 fully saturated rings. The molecule has 1 N–H and O–H groups in total. The van der Waals surface area contributed by atoms with E-state index in [1.807, 2.05) is 70.2 Å². The summed E-state index contributed by atoms with van der Waals surface area (Å²) in [5.74, 6) is 0.330. The van der Waals surface area contributed by atoms with Gasteiger partial charge in [-0.1, -0.05) is 37.3 Å². The van der Waals surface area contributed by atoms with Crippen molar-refractivity contribution >= 4 is 5.97 Å². The molecular weight excluding hydrogens is 396 g/mol. The number of methoxy groups -OCH3 is 1. The zero-order chi connectivity index (χ0) is 22.6. The standard InChI is InChI=1S/C25H34O6/c1-6-16(2)23-17(3)7-12-21-25(4,14-13-19(26)15-22(27)30-23)31-24(29-21)18-8-10-20(28-5)11-9-18/h6-12,17,19,21,23-24,26H,13-15H2,1-5H3/b12-7+,16-6+/t17-,19+,21-,23+,24-,25+/m0/s1. The van der Waals surface area contributed by atoms with Crippen LogP contribution in [-0.2, 0) is 19.0 Å². The van der Waals surface area contributed by atoms with E-state index in [-0.39, 0.29) is 30.5 Å². The molecule has 0 amide bonds. The number of allylic oxidation sites excluding steroid dienone is 1. The first kappa shape index (κ1) is 23.5. The molecule has 2 aliphatic heterocycles. The number of hydrogen-bond acceptors (Lipinski definition) is 6. The number of rotatable bonds is 3. The van der Waals surface area contributed by atoms with E-state index in [1.54, 1.807) is 7.11 Å². The molecule has 2 heterocycles. The fraction of sp³-hybridized carbons (Fsp3) is 0.560. The van der Waals surface area contributed by atoms with Gasteiger partial charge in [0.05, 0.1) is 25.2 Å². The minimum Gasteiger partial charge on any atom is -0.497 e. The molecular formula is C25H34O6. The SMILES string of the molecule is C/C=C(\C)[C@H]1OC(=O)C[C@H](O)CC[C@@]2(C)O[C@@H](c3ccc(OC)cc3)O[C@H]2/C=C/[C@@H]1C. The lowest BCUT2D eigenvalue weighted by atomic mass is 9.89. The molecule has 0 radical (unpaired) electrons. The van der Waals surface area contributed by atoms with Crippen LogP contribution in [0.5, 0.6) is 5.75 Å². The van der Waals surface area contributed by atoms with Gasteiger partial charge in [0.1, 0.15) is 18.0 Å². The van der Waals surface area contributed by atoms with Crippen molar-refractivity contribution < 1.29 is 28.8 Å². The number of fused-ring (bicyclic) bond motifs is 1. The Hall–Kier alpha value is -2.15. The van der Waals surface area contributed by atoms with Gasteiger partial charge in [-0.2, -0.15) is 0 Å². The van der Waals surface area contributed by atoms with Gasteiger partial charge in [0.2, 0.25) is 0 Å². The summed E-state index contributed by atoms with van der Waals surface area (Å²) in [6, 6.07) is 7.62. The van der Waals surface area contributed by atoms with E-state index < -0.39 is 18.0 Å². The van der Waals surface area contributed by atoms with Crippen LogP contribution in [0.15, 0.2) is 48.1 Å². The molecule has 0 aliphatic carbocycles. The van der Waals surface area contributed by atoms with Crippen LogP contribution in [0.1, 0.15) is 58.8 Å². The van der Waals surface area contributed by atoms with E-state index in [2.05, 4.69) is 0 Å². The summed E-state index contributed by atoms with van der Waals surface area (Å²) in [7, 11) is 1.63. The number of cyclic esters (lactones) is 1. The molecule has 6 heteroatoms. The van der Waals surface area contributed by atoms with Gasteiger partial charge in [0.15, 0.2) is 6.29 Å². The third kappa shape index (κ3) is 5.56. The molecule has 1 saturated heterocycles. The fourth-order valence-corrected chi connectivity index (χ4v) is 4.07. The number of carbonyl (C=O) groups is 1. The van der Waals surface area contributed by atoms with Crippen LogP contribution >= 0.6 is 0 Å². The normalized spacial score (nSPS) is 36.0. The molecule has 0 unspecified atom stereocenters. The van der Waals surface area contributed by atoms with Crippen LogP contribution in [0, 0.1) is 5.92 Å². The van der Waals surface area contributed by atoms with Gasteiger partial charge in [0, 0.05) is 11.5 Å². The molecule has 6 nitrogen and oxygen atoms in total. The van der Waals surface area contributed by atoms with Gasteiger partial charge in [-0.25, -0.2) is 0 Å². The van der Waals surface area contributed by atoms with Crippen molar-refractivity contribution in [3.05, 3.63) is 53.6 Å². The van der Waals surface area contributed by atoms with Crippen molar-refractivity contribution in [2.24, 2.45) is 5.92 Å². The number of ether oxygens (including phenoxy) is 4. The monoisotopic (exact) mass is 430 g/mol. The second kappa shape index (κ2) is 9.98. The Morgan fingerprint density at radius 2 is 1.97 bits per heavy atom. The topological polar surface area (TPSA) is 74.2 Å². The third-order valence-electron chi connectivity index (χ3n) is 6.24. The van der Waals surface area contributed by atoms with Crippen LogP contribution in [0.3, 0.4) is 0 Å². The molecule has 170 valence electrons. The molecule has 0 spiro atoms. The van der Waals surface area contributed by atoms with E-state index in [1.165, 1.54) is 0 Å². The fourth-order valence-electron chi connectivity index (χ4n) is 4.07. The summed E-state index contributed by atoms with van der Waals surface area (Å²) in [5, 5.41) is 10.4. The number of carbonyl (C=O) groups excluding carboxylic acids is 1. The molecule has 3 rings (SSSR count). The van der Waals surface area contributed by atoms with Crippen LogP contribution in [0.4, 0.5) is 0 Å². The highest BCUT2D eigenvalue weighted by atomic mass is 16.7. The average molecular weight is 431 g/mol. The quantitative estimate of drug-likeness (QED) is 0.563. The number of aliphatic hydroxyl groups excluding tert-OH is 1. The highest BCUT2D eigenvalue weighted by Gasteiger charge is 2.45. The summed E-state index contributed by atoms with van der Waals surface area (Å²) >= 11 is 0. The first-order chi connectivity index (χ1) is 14.8. The smallest absolute Gasteiger partial charge is 0.309 e. The Bertz CT molecular complexity index is 814. The highest BCUT2D eigenvalue weighted by molar-refractivity contribution is 5.70. The van der Waals surface area contributed by atoms with Crippen molar-refractivity contribution in [2.75, 3.05) is 7.11 Å². The minimum atomic E-state index is -0.793. The lowest BCUT2D eigenvalue weighted by molar-refractivity contribution is -0.151. The number of benzene rings is 1. The number of aliphatic hydroxyl groups is 1. The zero-order valence-electron chi connectivity index (χ0n) is 19.0. The Morgan fingerprint density at radius 1 is 1.26 bits per heavy atom. The largest absolute Gasteiger partial charge is 0.497 e. The van der Waals surface area contributed by atoms with Crippen LogP contribution < -0.4 is 4.74 Å². The maximum absolute atomic E-state index is 12.4. The number of hydrogen-bond donors (Lipinski definition) is 1. The van der Waals surface area contributed by atoms with Crippen molar-refractivity contribution in [3.63, 3.8) is 0 Å². The molecule has 1 aromatic rings. The average Bonchev–Trinajstić information content (AvgIpc) is 3.10. The van der Waals surface area contributed by atoms with E-state index >= 15 is 0 Å². The van der Waals surface area contributed by atoms with E-state index in [4.69, 9.17) is 18.9 Å². The summed E-state index contributed by atoms with van der Waals surface area (Å²) < 4.78 is 23.6. The zero-order valence-corrected chi connectivity index (χ0v) is 19.0. The van der Waals surface area contributed by atoms with Gasteiger partial charge >= 0.3 is 5.97 Å². The van der Waals surface area contributed by atoms with Crippen LogP contribution in [0.25, 0.3) is 0 Å². The Kier molecular flexibility index (Phi) is 7.57. The van der Waals surface area contributed by atoms with Gasteiger partial charge in [-0.05, 0) is 51.3 Å². The van der Waals surface area contributed by atoms with Gasteiger partial charge in [-0.15, -0.1) is 0 Å². The Morgan fingerprint density at radius 3 is 2.61 bits per heavy atom. The maximum atomic E-state index is 12.4. The van der Waals surface area contributed by atoms with Crippen molar-refractivity contribution in [1.29, 1.82) is 0 Å². The lowest BCUT2D eigenvalue weighted by Gasteiger charge is -2.30. The molecule has 31 heavy (non-hydrogen) atoms. The molecule has 0 saturated carbocycles. The molecule has 6 atom stereocenters. The summed E-state index contributed by atoms with van der Waals surface area (Å²) in [6.07, 6.45) is 4.93. The molecule has 1 aromatic carbocycles. The summed E-state index contributed by atoms with van der Waals surface area (Å²) in [4.78, 5) is 12.4. The third-order valence-corrected chi connectivity index (χ3v) is 6.24. The molecule has 2 aliphatic rings. The first-order valence-electron chi connectivity index (χ1n) is 10.9. The van der Waals surface area contributed by atoms with Gasteiger partial charge in [-0.3, -0.25) is 4.79 Å². The van der Waals surface area contributed by atoms with Crippen LogP contribution in [-0.4, -0.2) is 42.1 Å². The van der Waals surface area contributed by atoms with Crippen molar-refractivity contribution in [3.8, 4) is 5.75 Å². The van der Waals surface area contributed by atoms with Crippen molar-refractivity contribution in [1.82, 2.24) is 0 Å². The Labute approximate surface area is 184 Å². The van der Waals surface area contributed by atoms with E-state index in [0.717, 1.165) is 16.9 Å². The number of esters is 1. The van der Waals surface area contributed by atoms with Crippen LogP contribution in [0.2, 0.25) is 0 Å². The van der Waals surface area contributed by atoms with Gasteiger partial charge in [0.25, 0.3) is 0 Å². The second-order valence-corrected chi connectivity index (χ2v) is 8.68. The van der Waals surface area contributed by atoms with Gasteiger partial charge < -0.3 is 24.1 Å². The van der Waals surface area contributed by atoms with Crippen molar-refractivity contribution in [2.45, 2.75) is 77.2 Å². The minimum absolute atomic E-state index is 0.0343. The summed E-state index contributed by atoms with van der Waals surface area (Å²) in [6.45, 7) is 7.89.